The van der Waals surface area contributed by atoms with Crippen LogP contribution < -0.4 is 21.1 Å². The van der Waals surface area contributed by atoms with Crippen LogP contribution in [-0.4, -0.2) is 66.1 Å². The number of aryl methyl sites for hydroxylation is 1. The number of nitrogens with one attached hydrogen (secondary N) is 2. The van der Waals surface area contributed by atoms with Crippen molar-refractivity contribution < 1.29 is 24.5 Å². The number of hydrogen-bond donors (Lipinski definition) is 5. The normalized spacial score (nSPS) is 27.8. The maximum absolute atomic E-state index is 11.9. The molecule has 1 aliphatic heterocycles. The summed E-state index contributed by atoms with van der Waals surface area (Å²) in [5.74, 6) is 1.87. The molecule has 1 aromatic carbocycles. The molecule has 2 saturated carbocycles. The molecule has 41 heavy (non-hydrogen) atoms. The van der Waals surface area contributed by atoms with Crippen LogP contribution in [0.4, 0.5) is 0 Å². The lowest BCUT2D eigenvalue weighted by Gasteiger charge is -2.39. The molecule has 1 aromatic rings. The first-order chi connectivity index (χ1) is 19.7. The molecule has 0 unspecified atom stereocenters. The number of aliphatic hydroxyl groups excluding tert-OH is 1. The van der Waals surface area contributed by atoms with Crippen molar-refractivity contribution >= 4 is 11.9 Å². The number of nitrogens with zero attached hydrogens (tertiary/aromatic N) is 1. The second-order valence-electron chi connectivity index (χ2n) is 12.8. The first kappa shape index (κ1) is 31.4. The van der Waals surface area contributed by atoms with Crippen molar-refractivity contribution in [2.75, 3.05) is 20.1 Å². The SMILES string of the molecule is CN=C(N)NC[C@@H]1C[C@H]([C@H](O)C[C@@H](CCc2ccc(O)c(O[C@H]3CCNC4(CCCC4)C3)c2)OC(C)=O)CC[C@H]1C. The molecule has 0 aromatic heterocycles. The van der Waals surface area contributed by atoms with Gasteiger partial charge < -0.3 is 36.1 Å². The summed E-state index contributed by atoms with van der Waals surface area (Å²) in [4.78, 5) is 15.9. The number of rotatable bonds is 11. The fourth-order valence-corrected chi connectivity index (χ4v) is 7.28. The van der Waals surface area contributed by atoms with Gasteiger partial charge in [0.1, 0.15) is 12.2 Å². The highest BCUT2D eigenvalue weighted by atomic mass is 16.5. The van der Waals surface area contributed by atoms with Crippen LogP contribution >= 0.6 is 0 Å². The van der Waals surface area contributed by atoms with Gasteiger partial charge in [-0.05, 0) is 86.9 Å². The van der Waals surface area contributed by atoms with Crippen molar-refractivity contribution in [1.82, 2.24) is 10.6 Å². The van der Waals surface area contributed by atoms with E-state index in [1.165, 1.54) is 32.6 Å². The van der Waals surface area contributed by atoms with E-state index in [9.17, 15) is 15.0 Å². The molecule has 0 radical (unpaired) electrons. The van der Waals surface area contributed by atoms with Gasteiger partial charge >= 0.3 is 5.97 Å². The van der Waals surface area contributed by atoms with Crippen LogP contribution in [0.5, 0.6) is 11.5 Å². The number of guanidine groups is 1. The van der Waals surface area contributed by atoms with Crippen LogP contribution in [0.1, 0.15) is 90.0 Å². The van der Waals surface area contributed by atoms with Crippen LogP contribution in [-0.2, 0) is 16.0 Å². The van der Waals surface area contributed by atoms with Gasteiger partial charge in [-0.15, -0.1) is 0 Å². The number of aliphatic imine (C=N–C) groups is 1. The molecule has 6 atom stereocenters. The van der Waals surface area contributed by atoms with Crippen molar-refractivity contribution in [3.05, 3.63) is 23.8 Å². The lowest BCUT2D eigenvalue weighted by Crippen LogP contribution is -2.51. The quantitative estimate of drug-likeness (QED) is 0.152. The van der Waals surface area contributed by atoms with E-state index in [1.54, 1.807) is 13.1 Å². The zero-order chi connectivity index (χ0) is 29.4. The molecule has 1 heterocycles. The van der Waals surface area contributed by atoms with E-state index in [0.717, 1.165) is 50.8 Å². The van der Waals surface area contributed by atoms with Gasteiger partial charge in [0.05, 0.1) is 6.10 Å². The van der Waals surface area contributed by atoms with Crippen LogP contribution in [0, 0.1) is 17.8 Å². The Morgan fingerprint density at radius 1 is 1.27 bits per heavy atom. The van der Waals surface area contributed by atoms with Gasteiger partial charge in [-0.3, -0.25) is 9.79 Å². The summed E-state index contributed by atoms with van der Waals surface area (Å²) in [6, 6.07) is 5.52. The number of carbonyl (C=O) groups is 1. The number of phenols is 1. The summed E-state index contributed by atoms with van der Waals surface area (Å²) >= 11 is 0. The van der Waals surface area contributed by atoms with Crippen molar-refractivity contribution in [3.8, 4) is 11.5 Å². The fourth-order valence-electron chi connectivity index (χ4n) is 7.28. The van der Waals surface area contributed by atoms with Crippen LogP contribution in [0.25, 0.3) is 0 Å². The van der Waals surface area contributed by atoms with Gasteiger partial charge in [-0.2, -0.15) is 0 Å². The number of benzene rings is 1. The molecule has 9 nitrogen and oxygen atoms in total. The summed E-state index contributed by atoms with van der Waals surface area (Å²) in [5.41, 5.74) is 7.04. The van der Waals surface area contributed by atoms with Crippen molar-refractivity contribution in [2.45, 2.75) is 115 Å². The summed E-state index contributed by atoms with van der Waals surface area (Å²) in [6.45, 7) is 5.36. The number of phenolic OH excluding ortho intramolecular Hbond substituents is 1. The number of nitrogens with two attached hydrogens (primary N) is 1. The Morgan fingerprint density at radius 2 is 2.05 bits per heavy atom. The highest BCUT2D eigenvalue weighted by Gasteiger charge is 2.39. The molecule has 6 N–H and O–H groups in total. The molecule has 9 heteroatoms. The van der Waals surface area contributed by atoms with Gasteiger partial charge in [-0.1, -0.05) is 32.3 Å². The van der Waals surface area contributed by atoms with Crippen LogP contribution in [0.2, 0.25) is 0 Å². The minimum absolute atomic E-state index is 0.0855. The van der Waals surface area contributed by atoms with Gasteiger partial charge in [0.25, 0.3) is 0 Å². The van der Waals surface area contributed by atoms with E-state index >= 15 is 0 Å². The third-order valence-corrected chi connectivity index (χ3v) is 9.79. The lowest BCUT2D eigenvalue weighted by molar-refractivity contribution is -0.148. The lowest BCUT2D eigenvalue weighted by atomic mass is 9.72. The zero-order valence-corrected chi connectivity index (χ0v) is 25.2. The number of carbonyl (C=O) groups excluding carboxylic acids is 1. The maximum Gasteiger partial charge on any atom is 0.302 e. The number of piperidine rings is 1. The highest BCUT2D eigenvalue weighted by Crippen LogP contribution is 2.39. The Hall–Kier alpha value is -2.52. The van der Waals surface area contributed by atoms with Gasteiger partial charge in [0.2, 0.25) is 0 Å². The molecule has 4 rings (SSSR count). The van der Waals surface area contributed by atoms with E-state index in [0.29, 0.717) is 42.8 Å². The van der Waals surface area contributed by atoms with E-state index < -0.39 is 6.10 Å². The predicted octanol–water partition coefficient (Wildman–Crippen LogP) is 4.04. The van der Waals surface area contributed by atoms with Gasteiger partial charge in [-0.25, -0.2) is 0 Å². The molecule has 3 fully saturated rings. The van der Waals surface area contributed by atoms with Crippen LogP contribution in [0.3, 0.4) is 0 Å². The zero-order valence-electron chi connectivity index (χ0n) is 25.2. The molecule has 0 amide bonds. The third kappa shape index (κ3) is 8.98. The summed E-state index contributed by atoms with van der Waals surface area (Å²) in [6.07, 6.45) is 10.5. The number of hydrogen-bond acceptors (Lipinski definition) is 7. The average Bonchev–Trinajstić information content (AvgIpc) is 3.39. The molecule has 1 saturated heterocycles. The smallest absolute Gasteiger partial charge is 0.302 e. The molecule has 230 valence electrons. The first-order valence-electron chi connectivity index (χ1n) is 15.7. The Kier molecular flexibility index (Phi) is 11.2. The van der Waals surface area contributed by atoms with E-state index in [1.807, 2.05) is 12.1 Å². The van der Waals surface area contributed by atoms with E-state index in [4.69, 9.17) is 15.2 Å². The number of aromatic hydroxyl groups is 1. The second-order valence-corrected chi connectivity index (χ2v) is 12.8. The molecular formula is C32H52N4O5. The Labute approximate surface area is 245 Å². The van der Waals surface area contributed by atoms with E-state index in [-0.39, 0.29) is 35.4 Å². The second kappa shape index (κ2) is 14.6. The van der Waals surface area contributed by atoms with Gasteiger partial charge in [0.15, 0.2) is 17.5 Å². The van der Waals surface area contributed by atoms with Crippen molar-refractivity contribution in [3.63, 3.8) is 0 Å². The monoisotopic (exact) mass is 572 g/mol. The largest absolute Gasteiger partial charge is 0.504 e. The standard InChI is InChI=1S/C32H52N4O5/c1-21-6-9-24(17-25(21)20-35-31(33)34-3)29(39)18-26(40-22(2)37)10-7-23-8-11-28(38)30(16-23)41-27-12-15-36-32(19-27)13-4-5-14-32/h8,11,16,21,24-27,29,36,38-39H,4-7,9-10,12-15,17-20H2,1-3H3,(H3,33,34,35)/t21-,24-,25+,26-,27+,29-/m1/s1. The average molecular weight is 573 g/mol. The summed E-state index contributed by atoms with van der Waals surface area (Å²) in [7, 11) is 1.67. The number of aliphatic hydroxyl groups is 1. The minimum Gasteiger partial charge on any atom is -0.504 e. The first-order valence-corrected chi connectivity index (χ1v) is 15.7. The maximum atomic E-state index is 11.9. The highest BCUT2D eigenvalue weighted by molar-refractivity contribution is 5.77. The fraction of sp³-hybridized carbons (Fsp3) is 0.750. The number of ether oxygens (including phenoxy) is 2. The van der Waals surface area contributed by atoms with Crippen molar-refractivity contribution in [2.24, 2.45) is 28.5 Å². The molecule has 2 aliphatic carbocycles. The Morgan fingerprint density at radius 3 is 2.78 bits per heavy atom. The topological polar surface area (TPSA) is 138 Å². The van der Waals surface area contributed by atoms with Crippen molar-refractivity contribution in [1.29, 1.82) is 0 Å². The molecule has 1 spiro atoms. The van der Waals surface area contributed by atoms with Gasteiger partial charge in [0, 0.05) is 38.9 Å². The molecule has 0 bridgehead atoms. The summed E-state index contributed by atoms with van der Waals surface area (Å²) < 4.78 is 12.0. The number of esters is 1. The summed E-state index contributed by atoms with van der Waals surface area (Å²) in [5, 5.41) is 28.7. The Balaban J connectivity index is 1.33. The minimum atomic E-state index is -0.548. The molecular weight excluding hydrogens is 520 g/mol. The van der Waals surface area contributed by atoms with E-state index in [2.05, 4.69) is 22.5 Å². The predicted molar refractivity (Wildman–Crippen MR) is 161 cm³/mol. The Bertz CT molecular complexity index is 1030. The van der Waals surface area contributed by atoms with Crippen LogP contribution in [0.15, 0.2) is 23.2 Å². The third-order valence-electron chi connectivity index (χ3n) is 9.79. The molecule has 3 aliphatic rings.